The van der Waals surface area contributed by atoms with Crippen molar-refractivity contribution in [1.82, 2.24) is 0 Å². The number of halogens is 3. The maximum atomic E-state index is 13.2. The molecule has 1 amide bonds. The van der Waals surface area contributed by atoms with Crippen molar-refractivity contribution in [2.45, 2.75) is 41.8 Å². The number of rotatable bonds is 3. The van der Waals surface area contributed by atoms with Crippen molar-refractivity contribution in [2.75, 3.05) is 5.32 Å². The Morgan fingerprint density at radius 2 is 2.00 bits per heavy atom. The lowest BCUT2D eigenvalue weighted by Crippen LogP contribution is -2.25. The van der Waals surface area contributed by atoms with Gasteiger partial charge in [-0.3, -0.25) is 4.79 Å². The van der Waals surface area contributed by atoms with Gasteiger partial charge in [-0.15, -0.1) is 0 Å². The summed E-state index contributed by atoms with van der Waals surface area (Å²) in [6, 6.07) is 9.37. The highest BCUT2D eigenvalue weighted by atomic mass is 32.2. The first-order valence-electron chi connectivity index (χ1n) is 7.79. The molecule has 0 radical (unpaired) electrons. The van der Waals surface area contributed by atoms with Gasteiger partial charge in [-0.2, -0.15) is 13.2 Å². The predicted octanol–water partition coefficient (Wildman–Crippen LogP) is 4.44. The third-order valence-electron chi connectivity index (χ3n) is 3.88. The Kier molecular flexibility index (Phi) is 4.79. The first-order valence-corrected chi connectivity index (χ1v) is 8.61. The van der Waals surface area contributed by atoms with E-state index in [9.17, 15) is 18.0 Å². The normalized spacial score (nSPS) is 14.4. The van der Waals surface area contributed by atoms with Crippen molar-refractivity contribution >= 4 is 23.4 Å². The highest BCUT2D eigenvalue weighted by Gasteiger charge is 2.33. The maximum absolute atomic E-state index is 13.2. The lowest BCUT2D eigenvalue weighted by atomic mass is 10.00. The van der Waals surface area contributed by atoms with Gasteiger partial charge in [0.1, 0.15) is 0 Å². The summed E-state index contributed by atoms with van der Waals surface area (Å²) in [5, 5.41) is 2.61. The number of carbonyl (C=O) groups is 1. The largest absolute Gasteiger partial charge is 0.416 e. The Hall–Kier alpha value is -1.99. The second-order valence-electron chi connectivity index (χ2n) is 6.11. The molecule has 0 fully saturated rings. The summed E-state index contributed by atoms with van der Waals surface area (Å²) in [6.07, 6.45) is -3.95. The van der Waals surface area contributed by atoms with Crippen molar-refractivity contribution in [3.05, 3.63) is 53.1 Å². The van der Waals surface area contributed by atoms with Crippen LogP contribution in [0.3, 0.4) is 0 Å². The van der Waals surface area contributed by atoms with Crippen LogP contribution < -0.4 is 11.1 Å². The van der Waals surface area contributed by atoms with Gasteiger partial charge in [0.05, 0.1) is 5.56 Å². The van der Waals surface area contributed by atoms with E-state index in [0.29, 0.717) is 16.9 Å². The Bertz CT molecular complexity index is 818. The molecule has 1 heterocycles. The van der Waals surface area contributed by atoms with Gasteiger partial charge in [-0.25, -0.2) is 0 Å². The number of alkyl halides is 3. The topological polar surface area (TPSA) is 55.1 Å². The SMILES string of the molecule is C[C@@H](N)CC(=O)Nc1cc(C(F)(F)F)cc2c1Cc1ccccc1S2. The number of nitrogens with two attached hydrogens (primary N) is 1. The fraction of sp³-hybridized carbons (Fsp3) is 0.278. The molecular weight excluding hydrogens is 349 g/mol. The van der Waals surface area contributed by atoms with Gasteiger partial charge >= 0.3 is 6.18 Å². The molecule has 2 aromatic carbocycles. The average Bonchev–Trinajstić information content (AvgIpc) is 2.51. The molecule has 0 aromatic heterocycles. The molecule has 3 rings (SSSR count). The lowest BCUT2D eigenvalue weighted by Gasteiger charge is -2.24. The van der Waals surface area contributed by atoms with Crippen molar-refractivity contribution in [3.8, 4) is 0 Å². The van der Waals surface area contributed by atoms with Crippen LogP contribution in [0.4, 0.5) is 18.9 Å². The van der Waals surface area contributed by atoms with Crippen LogP contribution in [0.15, 0.2) is 46.2 Å². The molecule has 0 aliphatic carbocycles. The van der Waals surface area contributed by atoms with Crippen LogP contribution in [-0.2, 0) is 17.4 Å². The van der Waals surface area contributed by atoms with E-state index < -0.39 is 11.7 Å². The molecule has 132 valence electrons. The quantitative estimate of drug-likeness (QED) is 0.721. The molecule has 1 aliphatic heterocycles. The zero-order valence-corrected chi connectivity index (χ0v) is 14.3. The highest BCUT2D eigenvalue weighted by Crippen LogP contribution is 2.45. The molecule has 25 heavy (non-hydrogen) atoms. The third-order valence-corrected chi connectivity index (χ3v) is 5.08. The number of amides is 1. The molecule has 3 N–H and O–H groups in total. The van der Waals surface area contributed by atoms with E-state index in [0.717, 1.165) is 22.6 Å². The van der Waals surface area contributed by atoms with Crippen LogP contribution in [0.25, 0.3) is 0 Å². The molecule has 2 aromatic rings. The van der Waals surface area contributed by atoms with E-state index in [1.54, 1.807) is 6.92 Å². The van der Waals surface area contributed by atoms with Crippen molar-refractivity contribution in [1.29, 1.82) is 0 Å². The molecule has 0 spiro atoms. The molecule has 3 nitrogen and oxygen atoms in total. The summed E-state index contributed by atoms with van der Waals surface area (Å²) in [5.41, 5.74) is 6.77. The molecule has 7 heteroatoms. The van der Waals surface area contributed by atoms with Gasteiger partial charge < -0.3 is 11.1 Å². The summed E-state index contributed by atoms with van der Waals surface area (Å²) in [6.45, 7) is 1.67. The standard InChI is InChI=1S/C18H17F3N2OS/c1-10(22)6-17(24)23-14-8-12(18(19,20)21)9-16-13(14)7-11-4-2-3-5-15(11)25-16/h2-5,8-10H,6-7,22H2,1H3,(H,23,24)/t10-/m1/s1. The number of fused-ring (bicyclic) bond motifs is 2. The number of nitrogens with one attached hydrogen (secondary N) is 1. The van der Waals surface area contributed by atoms with Crippen LogP contribution in [0.5, 0.6) is 0 Å². The molecule has 0 unspecified atom stereocenters. The van der Waals surface area contributed by atoms with E-state index in [1.807, 2.05) is 24.3 Å². The van der Waals surface area contributed by atoms with Crippen molar-refractivity contribution in [3.63, 3.8) is 0 Å². The molecule has 0 saturated carbocycles. The minimum Gasteiger partial charge on any atom is -0.327 e. The Balaban J connectivity index is 2.03. The summed E-state index contributed by atoms with van der Waals surface area (Å²) in [4.78, 5) is 13.5. The lowest BCUT2D eigenvalue weighted by molar-refractivity contribution is -0.137. The summed E-state index contributed by atoms with van der Waals surface area (Å²) < 4.78 is 39.7. The monoisotopic (exact) mass is 366 g/mol. The zero-order chi connectivity index (χ0) is 18.2. The van der Waals surface area contributed by atoms with Crippen molar-refractivity contribution in [2.24, 2.45) is 5.73 Å². The number of hydrogen-bond acceptors (Lipinski definition) is 3. The van der Waals surface area contributed by atoms with Gasteiger partial charge in [0, 0.05) is 34.4 Å². The van der Waals surface area contributed by atoms with Gasteiger partial charge in [0.15, 0.2) is 0 Å². The number of carbonyl (C=O) groups excluding carboxylic acids is 1. The molecule has 1 aliphatic rings. The van der Waals surface area contributed by atoms with Gasteiger partial charge in [0.25, 0.3) is 0 Å². The summed E-state index contributed by atoms with van der Waals surface area (Å²) in [7, 11) is 0. The minimum atomic E-state index is -4.48. The van der Waals surface area contributed by atoms with E-state index in [4.69, 9.17) is 5.73 Å². The second-order valence-corrected chi connectivity index (χ2v) is 7.20. The van der Waals surface area contributed by atoms with Crippen LogP contribution in [0.2, 0.25) is 0 Å². The highest BCUT2D eigenvalue weighted by molar-refractivity contribution is 7.99. The number of anilines is 1. The first-order chi connectivity index (χ1) is 11.7. The maximum Gasteiger partial charge on any atom is 0.416 e. The molecule has 1 atom stereocenters. The second kappa shape index (κ2) is 6.72. The molecule has 0 saturated heterocycles. The van der Waals surface area contributed by atoms with Crippen LogP contribution >= 0.6 is 11.8 Å². The summed E-state index contributed by atoms with van der Waals surface area (Å²) in [5.74, 6) is -0.389. The van der Waals surface area contributed by atoms with Crippen LogP contribution in [0, 0.1) is 0 Å². The smallest absolute Gasteiger partial charge is 0.327 e. The zero-order valence-electron chi connectivity index (χ0n) is 13.5. The average molecular weight is 366 g/mol. The van der Waals surface area contributed by atoms with Crippen LogP contribution in [-0.4, -0.2) is 11.9 Å². The van der Waals surface area contributed by atoms with Gasteiger partial charge in [0.2, 0.25) is 5.91 Å². The molecule has 0 bridgehead atoms. The van der Waals surface area contributed by atoms with Gasteiger partial charge in [-0.1, -0.05) is 30.0 Å². The van der Waals surface area contributed by atoms with Gasteiger partial charge in [-0.05, 0) is 36.2 Å². The van der Waals surface area contributed by atoms with Crippen LogP contribution in [0.1, 0.15) is 30.0 Å². The Morgan fingerprint density at radius 1 is 1.28 bits per heavy atom. The minimum absolute atomic E-state index is 0.0503. The Labute approximate surface area is 147 Å². The number of benzene rings is 2. The van der Waals surface area contributed by atoms with E-state index in [-0.39, 0.29) is 24.1 Å². The predicted molar refractivity (Wildman–Crippen MR) is 91.7 cm³/mol. The number of hydrogen-bond donors (Lipinski definition) is 2. The first kappa shape index (κ1) is 17.8. The Morgan fingerprint density at radius 3 is 2.68 bits per heavy atom. The fourth-order valence-electron chi connectivity index (χ4n) is 2.75. The summed E-state index contributed by atoms with van der Waals surface area (Å²) >= 11 is 1.29. The van der Waals surface area contributed by atoms with E-state index >= 15 is 0 Å². The third kappa shape index (κ3) is 3.99. The van der Waals surface area contributed by atoms with E-state index in [1.165, 1.54) is 11.8 Å². The van der Waals surface area contributed by atoms with E-state index in [2.05, 4.69) is 5.32 Å². The fourth-order valence-corrected chi connectivity index (χ4v) is 3.89. The van der Waals surface area contributed by atoms with Crippen molar-refractivity contribution < 1.29 is 18.0 Å². The molecular formula is C18H17F3N2OS.